The van der Waals surface area contributed by atoms with Crippen LogP contribution in [0.25, 0.3) is 0 Å². The number of hydrogen-bond donors (Lipinski definition) is 1. The first-order valence-electron chi connectivity index (χ1n) is 10.4. The highest BCUT2D eigenvalue weighted by molar-refractivity contribution is 5.81. The number of piperidine rings is 1. The van der Waals surface area contributed by atoms with Crippen LogP contribution in [0, 0.1) is 22.0 Å². The fourth-order valence-electron chi connectivity index (χ4n) is 4.28. The molecule has 1 N–H and O–H groups in total. The standard InChI is InChI=1S/C21H29N3O5/c1-15-6-2-3-7-17(15)22-20(25)14-29-21(26)16-10-12-23(13-11-16)18-8-4-5-9-19(18)24(27)28/h4-5,8-9,15-17H,2-3,6-7,10-14H2,1H3,(H,22,25)/t15-,17+/m0/s1. The molecule has 2 aliphatic rings. The maximum atomic E-state index is 12.3. The second-order valence-electron chi connectivity index (χ2n) is 8.05. The summed E-state index contributed by atoms with van der Waals surface area (Å²) in [5.41, 5.74) is 0.646. The van der Waals surface area contributed by atoms with Gasteiger partial charge in [-0.1, -0.05) is 31.9 Å². The van der Waals surface area contributed by atoms with Gasteiger partial charge in [0.15, 0.2) is 6.61 Å². The lowest BCUT2D eigenvalue weighted by atomic mass is 9.86. The molecule has 2 atom stereocenters. The van der Waals surface area contributed by atoms with E-state index >= 15 is 0 Å². The Kier molecular flexibility index (Phi) is 7.06. The molecule has 2 fully saturated rings. The molecule has 1 amide bonds. The third-order valence-corrected chi connectivity index (χ3v) is 6.05. The number of hydrogen-bond acceptors (Lipinski definition) is 6. The van der Waals surface area contributed by atoms with Gasteiger partial charge in [-0.25, -0.2) is 0 Å². The molecule has 1 aromatic rings. The number of carbonyl (C=O) groups is 2. The minimum Gasteiger partial charge on any atom is -0.455 e. The van der Waals surface area contributed by atoms with Crippen molar-refractivity contribution in [2.45, 2.75) is 51.5 Å². The highest BCUT2D eigenvalue weighted by atomic mass is 16.6. The number of benzene rings is 1. The van der Waals surface area contributed by atoms with Crippen molar-refractivity contribution in [1.82, 2.24) is 5.32 Å². The summed E-state index contributed by atoms with van der Waals surface area (Å²) < 4.78 is 5.25. The lowest BCUT2D eigenvalue weighted by Crippen LogP contribution is -2.43. The summed E-state index contributed by atoms with van der Waals surface area (Å²) in [4.78, 5) is 37.2. The van der Waals surface area contributed by atoms with E-state index < -0.39 is 0 Å². The molecule has 158 valence electrons. The number of amides is 1. The van der Waals surface area contributed by atoms with Gasteiger partial charge in [0.25, 0.3) is 11.6 Å². The molecule has 1 saturated carbocycles. The zero-order valence-electron chi connectivity index (χ0n) is 16.8. The maximum Gasteiger partial charge on any atom is 0.309 e. The van der Waals surface area contributed by atoms with Crippen molar-refractivity contribution in [1.29, 1.82) is 0 Å². The van der Waals surface area contributed by atoms with E-state index in [9.17, 15) is 19.7 Å². The first-order chi connectivity index (χ1) is 14.0. The smallest absolute Gasteiger partial charge is 0.309 e. The quantitative estimate of drug-likeness (QED) is 0.445. The molecule has 0 radical (unpaired) electrons. The van der Waals surface area contributed by atoms with E-state index in [1.54, 1.807) is 18.2 Å². The van der Waals surface area contributed by atoms with Crippen molar-refractivity contribution in [2.75, 3.05) is 24.6 Å². The zero-order valence-corrected chi connectivity index (χ0v) is 16.8. The molecule has 1 saturated heterocycles. The number of nitro groups is 1. The predicted molar refractivity (Wildman–Crippen MR) is 109 cm³/mol. The second kappa shape index (κ2) is 9.71. The minimum absolute atomic E-state index is 0.0714. The average molecular weight is 403 g/mol. The van der Waals surface area contributed by atoms with Gasteiger partial charge in [-0.3, -0.25) is 19.7 Å². The Morgan fingerprint density at radius 2 is 1.86 bits per heavy atom. The number of nitro benzene ring substituents is 1. The van der Waals surface area contributed by atoms with Crippen LogP contribution in [0.1, 0.15) is 45.4 Å². The Labute approximate surface area is 170 Å². The summed E-state index contributed by atoms with van der Waals surface area (Å²) in [6.07, 6.45) is 5.51. The first-order valence-corrected chi connectivity index (χ1v) is 10.4. The number of nitrogens with zero attached hydrogens (tertiary/aromatic N) is 2. The molecule has 29 heavy (non-hydrogen) atoms. The van der Waals surface area contributed by atoms with Crippen LogP contribution in [0.3, 0.4) is 0 Å². The van der Waals surface area contributed by atoms with Gasteiger partial charge in [0.2, 0.25) is 0 Å². The van der Waals surface area contributed by atoms with Crippen LogP contribution in [-0.2, 0) is 14.3 Å². The van der Waals surface area contributed by atoms with Crippen molar-refractivity contribution >= 4 is 23.3 Å². The lowest BCUT2D eigenvalue weighted by molar-refractivity contribution is -0.384. The number of para-hydroxylation sites is 2. The summed E-state index contributed by atoms with van der Waals surface area (Å²) in [6, 6.07) is 6.80. The Morgan fingerprint density at radius 3 is 2.55 bits per heavy atom. The van der Waals surface area contributed by atoms with Crippen LogP contribution in [0.4, 0.5) is 11.4 Å². The lowest BCUT2D eigenvalue weighted by Gasteiger charge is -2.32. The van der Waals surface area contributed by atoms with Gasteiger partial charge in [-0.05, 0) is 37.7 Å². The van der Waals surface area contributed by atoms with Crippen molar-refractivity contribution in [2.24, 2.45) is 11.8 Å². The molecule has 0 aromatic heterocycles. The molecule has 8 nitrogen and oxygen atoms in total. The van der Waals surface area contributed by atoms with Crippen LogP contribution in [0.2, 0.25) is 0 Å². The normalized spacial score (nSPS) is 22.7. The average Bonchev–Trinajstić information content (AvgIpc) is 2.74. The minimum atomic E-state index is -0.387. The summed E-state index contributed by atoms with van der Waals surface area (Å²) in [6.45, 7) is 2.97. The van der Waals surface area contributed by atoms with Crippen LogP contribution >= 0.6 is 0 Å². The predicted octanol–water partition coefficient (Wildman–Crippen LogP) is 3.05. The molecule has 0 bridgehead atoms. The highest BCUT2D eigenvalue weighted by Crippen LogP contribution is 2.31. The van der Waals surface area contributed by atoms with Gasteiger partial charge >= 0.3 is 5.97 Å². The SMILES string of the molecule is C[C@H]1CCCC[C@H]1NC(=O)COC(=O)C1CCN(c2ccccc2[N+](=O)[O-])CC1. The topological polar surface area (TPSA) is 102 Å². The number of ether oxygens (including phenoxy) is 1. The zero-order chi connectivity index (χ0) is 20.8. The van der Waals surface area contributed by atoms with Crippen molar-refractivity contribution < 1.29 is 19.2 Å². The summed E-state index contributed by atoms with van der Waals surface area (Å²) in [5, 5.41) is 14.2. The molecular formula is C21H29N3O5. The van der Waals surface area contributed by atoms with Gasteiger partial charge < -0.3 is 15.0 Å². The Morgan fingerprint density at radius 1 is 1.17 bits per heavy atom. The number of rotatable bonds is 6. The van der Waals surface area contributed by atoms with Gasteiger partial charge in [-0.2, -0.15) is 0 Å². The van der Waals surface area contributed by atoms with Gasteiger partial charge in [0.05, 0.1) is 10.8 Å². The van der Waals surface area contributed by atoms with Gasteiger partial charge in [0.1, 0.15) is 5.69 Å². The van der Waals surface area contributed by atoms with E-state index in [1.807, 2.05) is 4.90 Å². The van der Waals surface area contributed by atoms with Crippen molar-refractivity contribution in [3.8, 4) is 0 Å². The van der Waals surface area contributed by atoms with E-state index in [4.69, 9.17) is 4.74 Å². The Hall–Kier alpha value is -2.64. The summed E-state index contributed by atoms with van der Waals surface area (Å²) in [7, 11) is 0. The molecule has 1 heterocycles. The molecule has 1 aliphatic carbocycles. The van der Waals surface area contributed by atoms with E-state index in [-0.39, 0.29) is 41.1 Å². The Bertz CT molecular complexity index is 746. The molecule has 8 heteroatoms. The monoisotopic (exact) mass is 403 g/mol. The number of esters is 1. The first kappa shape index (κ1) is 21.1. The van der Waals surface area contributed by atoms with Gasteiger partial charge in [0, 0.05) is 25.2 Å². The summed E-state index contributed by atoms with van der Waals surface area (Å²) >= 11 is 0. The summed E-state index contributed by atoms with van der Waals surface area (Å²) in [5.74, 6) is -0.432. The van der Waals surface area contributed by atoms with Gasteiger partial charge in [-0.15, -0.1) is 0 Å². The van der Waals surface area contributed by atoms with E-state index in [0.29, 0.717) is 37.5 Å². The van der Waals surface area contributed by atoms with E-state index in [2.05, 4.69) is 12.2 Å². The van der Waals surface area contributed by atoms with Crippen molar-refractivity contribution in [3.05, 3.63) is 34.4 Å². The number of nitrogens with one attached hydrogen (secondary N) is 1. The van der Waals surface area contributed by atoms with E-state index in [1.165, 1.54) is 12.5 Å². The van der Waals surface area contributed by atoms with Crippen LogP contribution < -0.4 is 10.2 Å². The number of anilines is 1. The largest absolute Gasteiger partial charge is 0.455 e. The number of carbonyl (C=O) groups excluding carboxylic acids is 2. The highest BCUT2D eigenvalue weighted by Gasteiger charge is 2.30. The fourth-order valence-corrected chi connectivity index (χ4v) is 4.28. The van der Waals surface area contributed by atoms with Crippen LogP contribution in [0.5, 0.6) is 0 Å². The third-order valence-electron chi connectivity index (χ3n) is 6.05. The molecule has 1 aromatic carbocycles. The molecule has 3 rings (SSSR count). The molecular weight excluding hydrogens is 374 g/mol. The van der Waals surface area contributed by atoms with Crippen LogP contribution in [-0.4, -0.2) is 42.5 Å². The second-order valence-corrected chi connectivity index (χ2v) is 8.05. The third kappa shape index (κ3) is 5.46. The van der Waals surface area contributed by atoms with E-state index in [0.717, 1.165) is 19.3 Å². The molecule has 1 aliphatic heterocycles. The van der Waals surface area contributed by atoms with Crippen molar-refractivity contribution in [3.63, 3.8) is 0 Å². The van der Waals surface area contributed by atoms with Crippen LogP contribution in [0.15, 0.2) is 24.3 Å². The fraction of sp³-hybridized carbons (Fsp3) is 0.619. The Balaban J connectivity index is 1.44. The molecule has 0 spiro atoms. The molecule has 0 unspecified atom stereocenters. The maximum absolute atomic E-state index is 12.3.